The first-order valence-electron chi connectivity index (χ1n) is 4.10. The Labute approximate surface area is 72.2 Å². The second-order valence-corrected chi connectivity index (χ2v) is 2.56. The first-order chi connectivity index (χ1) is 5.84. The number of carbonyl (C=O) groups excluding carboxylic acids is 1. The lowest BCUT2D eigenvalue weighted by molar-refractivity contribution is 0.186. The fraction of sp³-hybridized carbons (Fsp3) is 0.625. The van der Waals surface area contributed by atoms with Crippen LogP contribution in [0.15, 0.2) is 12.3 Å². The summed E-state index contributed by atoms with van der Waals surface area (Å²) >= 11 is 0. The normalized spacial score (nSPS) is 17.1. The summed E-state index contributed by atoms with van der Waals surface area (Å²) in [5.41, 5.74) is 0. The van der Waals surface area contributed by atoms with Crippen LogP contribution in [0.2, 0.25) is 0 Å². The van der Waals surface area contributed by atoms with Crippen LogP contribution in [0.3, 0.4) is 0 Å². The van der Waals surface area contributed by atoms with E-state index < -0.39 is 0 Å². The SMILES string of the molecule is CC=COCCN1CCNC1=O. The molecule has 4 nitrogen and oxygen atoms in total. The minimum Gasteiger partial charge on any atom is -0.500 e. The van der Waals surface area contributed by atoms with Gasteiger partial charge in [0.05, 0.1) is 12.8 Å². The summed E-state index contributed by atoms with van der Waals surface area (Å²) in [6, 6.07) is 0.0130. The summed E-state index contributed by atoms with van der Waals surface area (Å²) in [7, 11) is 0. The Hall–Kier alpha value is -1.19. The Balaban J connectivity index is 2.10. The van der Waals surface area contributed by atoms with Gasteiger partial charge in [0.15, 0.2) is 0 Å². The van der Waals surface area contributed by atoms with Gasteiger partial charge in [0.1, 0.15) is 6.61 Å². The fourth-order valence-corrected chi connectivity index (χ4v) is 1.05. The van der Waals surface area contributed by atoms with E-state index in [-0.39, 0.29) is 6.03 Å². The number of allylic oxidation sites excluding steroid dienone is 1. The predicted molar refractivity (Wildman–Crippen MR) is 45.7 cm³/mol. The van der Waals surface area contributed by atoms with Crippen molar-refractivity contribution in [3.63, 3.8) is 0 Å². The summed E-state index contributed by atoms with van der Waals surface area (Å²) < 4.78 is 5.09. The molecule has 1 aliphatic rings. The van der Waals surface area contributed by atoms with E-state index in [2.05, 4.69) is 5.32 Å². The average molecular weight is 170 g/mol. The van der Waals surface area contributed by atoms with E-state index in [0.29, 0.717) is 13.2 Å². The smallest absolute Gasteiger partial charge is 0.317 e. The molecule has 1 heterocycles. The molecular weight excluding hydrogens is 156 g/mol. The van der Waals surface area contributed by atoms with Gasteiger partial charge in [-0.1, -0.05) is 6.08 Å². The van der Waals surface area contributed by atoms with E-state index in [1.54, 1.807) is 11.2 Å². The quantitative estimate of drug-likeness (QED) is 0.495. The summed E-state index contributed by atoms with van der Waals surface area (Å²) in [6.07, 6.45) is 3.46. The Morgan fingerprint density at radius 2 is 2.58 bits per heavy atom. The summed E-state index contributed by atoms with van der Waals surface area (Å²) in [4.78, 5) is 12.7. The van der Waals surface area contributed by atoms with Gasteiger partial charge in [0.2, 0.25) is 0 Å². The lowest BCUT2D eigenvalue weighted by atomic mass is 10.5. The second kappa shape index (κ2) is 4.64. The summed E-state index contributed by atoms with van der Waals surface area (Å²) in [5, 5.41) is 2.72. The van der Waals surface area contributed by atoms with E-state index in [4.69, 9.17) is 4.74 Å². The van der Waals surface area contributed by atoms with Gasteiger partial charge < -0.3 is 15.0 Å². The molecule has 2 amide bonds. The van der Waals surface area contributed by atoms with E-state index in [1.807, 2.05) is 13.0 Å². The molecule has 1 N–H and O–H groups in total. The third-order valence-corrected chi connectivity index (χ3v) is 1.66. The van der Waals surface area contributed by atoms with Crippen molar-refractivity contribution in [2.45, 2.75) is 6.92 Å². The number of nitrogens with zero attached hydrogens (tertiary/aromatic N) is 1. The molecule has 4 heteroatoms. The fourth-order valence-electron chi connectivity index (χ4n) is 1.05. The molecular formula is C8H14N2O2. The minimum absolute atomic E-state index is 0.0130. The van der Waals surface area contributed by atoms with Crippen molar-refractivity contribution in [1.29, 1.82) is 0 Å². The molecule has 12 heavy (non-hydrogen) atoms. The van der Waals surface area contributed by atoms with Gasteiger partial charge >= 0.3 is 6.03 Å². The van der Waals surface area contributed by atoms with Gasteiger partial charge in [-0.15, -0.1) is 0 Å². The largest absolute Gasteiger partial charge is 0.500 e. The Morgan fingerprint density at radius 3 is 3.17 bits per heavy atom. The zero-order valence-corrected chi connectivity index (χ0v) is 7.25. The van der Waals surface area contributed by atoms with Gasteiger partial charge in [-0.25, -0.2) is 4.79 Å². The third-order valence-electron chi connectivity index (χ3n) is 1.66. The summed E-state index contributed by atoms with van der Waals surface area (Å²) in [5.74, 6) is 0. The molecule has 1 saturated heterocycles. The van der Waals surface area contributed by atoms with E-state index >= 15 is 0 Å². The highest BCUT2D eigenvalue weighted by atomic mass is 16.5. The minimum atomic E-state index is 0.0130. The maximum atomic E-state index is 11.0. The summed E-state index contributed by atoms with van der Waals surface area (Å²) in [6.45, 7) is 4.66. The zero-order chi connectivity index (χ0) is 8.81. The Morgan fingerprint density at radius 1 is 1.75 bits per heavy atom. The highest BCUT2D eigenvalue weighted by molar-refractivity contribution is 5.76. The van der Waals surface area contributed by atoms with Gasteiger partial charge in [0, 0.05) is 13.1 Å². The molecule has 0 aromatic rings. The topological polar surface area (TPSA) is 41.6 Å². The highest BCUT2D eigenvalue weighted by Gasteiger charge is 2.18. The highest BCUT2D eigenvalue weighted by Crippen LogP contribution is 1.95. The van der Waals surface area contributed by atoms with E-state index in [1.165, 1.54) is 0 Å². The van der Waals surface area contributed by atoms with Crippen LogP contribution in [0.5, 0.6) is 0 Å². The lowest BCUT2D eigenvalue weighted by Gasteiger charge is -2.12. The van der Waals surface area contributed by atoms with Gasteiger partial charge in [-0.3, -0.25) is 0 Å². The number of hydrogen-bond acceptors (Lipinski definition) is 2. The second-order valence-electron chi connectivity index (χ2n) is 2.56. The third kappa shape index (κ3) is 2.45. The molecule has 68 valence electrons. The van der Waals surface area contributed by atoms with Crippen LogP contribution in [0.1, 0.15) is 6.92 Å². The molecule has 0 aromatic carbocycles. The van der Waals surface area contributed by atoms with Crippen molar-refractivity contribution in [3.8, 4) is 0 Å². The number of urea groups is 1. The van der Waals surface area contributed by atoms with Gasteiger partial charge in [0.25, 0.3) is 0 Å². The number of rotatable bonds is 4. The molecule has 0 bridgehead atoms. The van der Waals surface area contributed by atoms with Crippen molar-refractivity contribution >= 4 is 6.03 Å². The van der Waals surface area contributed by atoms with Crippen LogP contribution >= 0.6 is 0 Å². The molecule has 0 unspecified atom stereocenters. The van der Waals surface area contributed by atoms with E-state index in [0.717, 1.165) is 13.1 Å². The maximum Gasteiger partial charge on any atom is 0.317 e. The molecule has 0 radical (unpaired) electrons. The van der Waals surface area contributed by atoms with Crippen molar-refractivity contribution in [2.24, 2.45) is 0 Å². The first kappa shape index (κ1) is 8.90. The number of hydrogen-bond donors (Lipinski definition) is 1. The average Bonchev–Trinajstić information content (AvgIpc) is 2.46. The predicted octanol–water partition coefficient (Wildman–Crippen LogP) is 0.562. The zero-order valence-electron chi connectivity index (χ0n) is 7.25. The van der Waals surface area contributed by atoms with Crippen LogP contribution in [0.25, 0.3) is 0 Å². The van der Waals surface area contributed by atoms with Crippen LogP contribution in [0.4, 0.5) is 4.79 Å². The Bertz CT molecular complexity index is 180. The van der Waals surface area contributed by atoms with Crippen LogP contribution < -0.4 is 5.32 Å². The van der Waals surface area contributed by atoms with Crippen LogP contribution in [0, 0.1) is 0 Å². The van der Waals surface area contributed by atoms with Crippen molar-refractivity contribution in [1.82, 2.24) is 10.2 Å². The Kier molecular flexibility index (Phi) is 3.44. The maximum absolute atomic E-state index is 11.0. The standard InChI is InChI=1S/C8H14N2O2/c1-2-6-12-7-5-10-4-3-9-8(10)11/h2,6H,3-5,7H2,1H3,(H,9,11). The van der Waals surface area contributed by atoms with Crippen molar-refractivity contribution < 1.29 is 9.53 Å². The number of carbonyl (C=O) groups is 1. The number of ether oxygens (including phenoxy) is 1. The van der Waals surface area contributed by atoms with Crippen molar-refractivity contribution in [2.75, 3.05) is 26.2 Å². The molecule has 0 aromatic heterocycles. The first-order valence-corrected chi connectivity index (χ1v) is 4.10. The van der Waals surface area contributed by atoms with Gasteiger partial charge in [-0.2, -0.15) is 0 Å². The van der Waals surface area contributed by atoms with Crippen molar-refractivity contribution in [3.05, 3.63) is 12.3 Å². The number of nitrogens with one attached hydrogen (secondary N) is 1. The molecule has 1 aliphatic heterocycles. The molecule has 0 aliphatic carbocycles. The van der Waals surface area contributed by atoms with E-state index in [9.17, 15) is 4.79 Å². The molecule has 0 atom stereocenters. The van der Waals surface area contributed by atoms with Gasteiger partial charge in [-0.05, 0) is 6.92 Å². The monoisotopic (exact) mass is 170 g/mol. The van der Waals surface area contributed by atoms with Crippen LogP contribution in [-0.2, 0) is 4.74 Å². The molecule has 1 fully saturated rings. The molecule has 0 spiro atoms. The molecule has 0 saturated carbocycles. The number of amides is 2. The lowest BCUT2D eigenvalue weighted by Crippen LogP contribution is -2.30. The van der Waals surface area contributed by atoms with Crippen LogP contribution in [-0.4, -0.2) is 37.2 Å². The molecule has 1 rings (SSSR count).